The van der Waals surface area contributed by atoms with E-state index in [1.54, 1.807) is 42.1 Å². The molecule has 0 bridgehead atoms. The number of fused-ring (bicyclic) bond motifs is 1. The molecule has 0 saturated carbocycles. The van der Waals surface area contributed by atoms with Crippen molar-refractivity contribution >= 4 is 29.1 Å². The van der Waals surface area contributed by atoms with Crippen LogP contribution in [-0.4, -0.2) is 42.0 Å². The van der Waals surface area contributed by atoms with Gasteiger partial charge in [-0.15, -0.1) is 0 Å². The Kier molecular flexibility index (Phi) is 5.91. The molecule has 9 nitrogen and oxygen atoms in total. The summed E-state index contributed by atoms with van der Waals surface area (Å²) in [7, 11) is 4.61. The smallest absolute Gasteiger partial charge is 0.255 e. The quantitative estimate of drug-likeness (QED) is 0.581. The molecule has 0 aliphatic carbocycles. The number of amides is 1. The molecule has 4 rings (SSSR count). The van der Waals surface area contributed by atoms with E-state index in [2.05, 4.69) is 20.7 Å². The standard InChI is InChI=1S/C22H22ClN5O4/c1-12-17(21(29)27-14-7-5-13(23)6-8-14)18(28-22(26-12)24-11-25-28)15-9-10-16(30-2)20(32-4)19(15)31-3/h5-11,18H,1-4H3,(H,27,29)(H,24,25,26)/t18-/m0/s1. The van der Waals surface area contributed by atoms with Gasteiger partial charge in [-0.2, -0.15) is 10.1 Å². The summed E-state index contributed by atoms with van der Waals surface area (Å²) in [5.74, 6) is 1.56. The van der Waals surface area contributed by atoms with Crippen LogP contribution in [0.4, 0.5) is 11.6 Å². The Balaban J connectivity index is 1.85. The molecule has 0 saturated heterocycles. The molecule has 166 valence electrons. The minimum atomic E-state index is -0.629. The van der Waals surface area contributed by atoms with Crippen LogP contribution in [0, 0.1) is 0 Å². The van der Waals surface area contributed by atoms with Crippen LogP contribution in [0.25, 0.3) is 0 Å². The van der Waals surface area contributed by atoms with Crippen LogP contribution < -0.4 is 24.8 Å². The fraction of sp³-hybridized carbons (Fsp3) is 0.227. The van der Waals surface area contributed by atoms with Gasteiger partial charge in [0.15, 0.2) is 11.5 Å². The molecule has 1 amide bonds. The number of nitrogens with zero attached hydrogens (tertiary/aromatic N) is 3. The molecular formula is C22H22ClN5O4. The summed E-state index contributed by atoms with van der Waals surface area (Å²) in [6.07, 6.45) is 1.43. The molecule has 10 heteroatoms. The van der Waals surface area contributed by atoms with Gasteiger partial charge in [0.05, 0.1) is 26.9 Å². The van der Waals surface area contributed by atoms with Gasteiger partial charge in [0.1, 0.15) is 12.4 Å². The number of anilines is 2. The number of aromatic nitrogens is 3. The summed E-state index contributed by atoms with van der Waals surface area (Å²) < 4.78 is 18.3. The number of rotatable bonds is 6. The first kappa shape index (κ1) is 21.5. The average molecular weight is 456 g/mol. The molecule has 0 spiro atoms. The van der Waals surface area contributed by atoms with Gasteiger partial charge < -0.3 is 24.8 Å². The van der Waals surface area contributed by atoms with Gasteiger partial charge in [0.2, 0.25) is 11.7 Å². The highest BCUT2D eigenvalue weighted by Crippen LogP contribution is 2.46. The molecule has 32 heavy (non-hydrogen) atoms. The fourth-order valence-electron chi connectivity index (χ4n) is 3.74. The first-order valence-electron chi connectivity index (χ1n) is 9.71. The minimum absolute atomic E-state index is 0.305. The Morgan fingerprint density at radius 3 is 2.44 bits per heavy atom. The number of ether oxygens (including phenoxy) is 3. The summed E-state index contributed by atoms with van der Waals surface area (Å²) in [5.41, 5.74) is 2.36. The SMILES string of the molecule is COc1ccc([C@H]2C(C(=O)Nc3ccc(Cl)cc3)=C(C)Nc3ncnn32)c(OC)c1OC. The van der Waals surface area contributed by atoms with Crippen LogP contribution in [-0.2, 0) is 4.79 Å². The molecule has 1 aliphatic heterocycles. The zero-order valence-corrected chi connectivity index (χ0v) is 18.7. The van der Waals surface area contributed by atoms with E-state index in [1.807, 2.05) is 13.0 Å². The lowest BCUT2D eigenvalue weighted by Gasteiger charge is -2.30. The van der Waals surface area contributed by atoms with Crippen molar-refractivity contribution in [2.75, 3.05) is 32.0 Å². The lowest BCUT2D eigenvalue weighted by molar-refractivity contribution is -0.113. The van der Waals surface area contributed by atoms with E-state index >= 15 is 0 Å². The van der Waals surface area contributed by atoms with E-state index < -0.39 is 6.04 Å². The predicted octanol–water partition coefficient (Wildman–Crippen LogP) is 3.88. The number of hydrogen-bond acceptors (Lipinski definition) is 7. The van der Waals surface area contributed by atoms with E-state index in [4.69, 9.17) is 25.8 Å². The number of halogens is 1. The van der Waals surface area contributed by atoms with Crippen LogP contribution in [0.15, 0.2) is 54.0 Å². The Morgan fingerprint density at radius 1 is 1.06 bits per heavy atom. The van der Waals surface area contributed by atoms with Gasteiger partial charge in [-0.25, -0.2) is 4.68 Å². The van der Waals surface area contributed by atoms with Crippen molar-refractivity contribution < 1.29 is 19.0 Å². The van der Waals surface area contributed by atoms with E-state index in [-0.39, 0.29) is 5.91 Å². The molecule has 1 aromatic heterocycles. The second-order valence-corrected chi connectivity index (χ2v) is 7.42. The van der Waals surface area contributed by atoms with Crippen molar-refractivity contribution in [2.24, 2.45) is 0 Å². The number of carbonyl (C=O) groups excluding carboxylic acids is 1. The maximum atomic E-state index is 13.5. The van der Waals surface area contributed by atoms with Crippen molar-refractivity contribution in [3.8, 4) is 17.2 Å². The first-order valence-corrected chi connectivity index (χ1v) is 10.1. The van der Waals surface area contributed by atoms with Crippen LogP contribution >= 0.6 is 11.6 Å². The van der Waals surface area contributed by atoms with E-state index in [1.165, 1.54) is 20.5 Å². The van der Waals surface area contributed by atoms with Crippen molar-refractivity contribution in [1.29, 1.82) is 0 Å². The number of nitrogens with one attached hydrogen (secondary N) is 2. The average Bonchev–Trinajstić information content (AvgIpc) is 3.26. The highest BCUT2D eigenvalue weighted by molar-refractivity contribution is 6.30. The van der Waals surface area contributed by atoms with Crippen LogP contribution in [0.1, 0.15) is 18.5 Å². The van der Waals surface area contributed by atoms with Gasteiger partial charge >= 0.3 is 0 Å². The molecule has 2 heterocycles. The van der Waals surface area contributed by atoms with Gasteiger partial charge in [-0.05, 0) is 43.3 Å². The molecule has 3 aromatic rings. The molecule has 1 aliphatic rings. The minimum Gasteiger partial charge on any atom is -0.493 e. The largest absolute Gasteiger partial charge is 0.493 e. The van der Waals surface area contributed by atoms with Crippen LogP contribution in [0.5, 0.6) is 17.2 Å². The second kappa shape index (κ2) is 8.80. The molecular weight excluding hydrogens is 434 g/mol. The highest BCUT2D eigenvalue weighted by Gasteiger charge is 2.36. The lowest BCUT2D eigenvalue weighted by Crippen LogP contribution is -2.31. The lowest BCUT2D eigenvalue weighted by atomic mass is 9.93. The number of hydrogen-bond donors (Lipinski definition) is 2. The van der Waals surface area contributed by atoms with Gasteiger partial charge in [-0.3, -0.25) is 4.79 Å². The van der Waals surface area contributed by atoms with Gasteiger partial charge in [-0.1, -0.05) is 11.6 Å². The summed E-state index contributed by atoms with van der Waals surface area (Å²) in [5, 5.41) is 11.0. The first-order chi connectivity index (χ1) is 15.5. The van der Waals surface area contributed by atoms with Gasteiger partial charge in [0, 0.05) is 22.0 Å². The maximum Gasteiger partial charge on any atom is 0.255 e. The van der Waals surface area contributed by atoms with Crippen molar-refractivity contribution in [1.82, 2.24) is 14.8 Å². The van der Waals surface area contributed by atoms with E-state index in [0.29, 0.717) is 50.7 Å². The zero-order chi connectivity index (χ0) is 22.8. The molecule has 0 radical (unpaired) electrons. The Hall–Kier alpha value is -3.72. The molecule has 2 N–H and O–H groups in total. The van der Waals surface area contributed by atoms with Gasteiger partial charge in [0.25, 0.3) is 5.91 Å². The number of carbonyl (C=O) groups is 1. The summed E-state index contributed by atoms with van der Waals surface area (Å²) in [6.45, 7) is 1.81. The van der Waals surface area contributed by atoms with E-state index in [9.17, 15) is 4.79 Å². The Morgan fingerprint density at radius 2 is 1.78 bits per heavy atom. The Bertz CT molecular complexity index is 1190. The van der Waals surface area contributed by atoms with Crippen molar-refractivity contribution in [2.45, 2.75) is 13.0 Å². The Labute approximate surface area is 190 Å². The fourth-order valence-corrected chi connectivity index (χ4v) is 3.87. The number of benzene rings is 2. The molecule has 0 unspecified atom stereocenters. The molecule has 0 fully saturated rings. The van der Waals surface area contributed by atoms with Crippen molar-refractivity contribution in [3.63, 3.8) is 0 Å². The second-order valence-electron chi connectivity index (χ2n) is 6.98. The third-order valence-corrected chi connectivity index (χ3v) is 5.42. The summed E-state index contributed by atoms with van der Waals surface area (Å²) >= 11 is 5.97. The maximum absolute atomic E-state index is 13.5. The number of methoxy groups -OCH3 is 3. The summed E-state index contributed by atoms with van der Waals surface area (Å²) in [4.78, 5) is 17.7. The third kappa shape index (κ3) is 3.71. The van der Waals surface area contributed by atoms with E-state index in [0.717, 1.165) is 0 Å². The topological polar surface area (TPSA) is 99.5 Å². The monoisotopic (exact) mass is 455 g/mol. The zero-order valence-electron chi connectivity index (χ0n) is 18.0. The number of allylic oxidation sites excluding steroid dienone is 1. The van der Waals surface area contributed by atoms with Crippen LogP contribution in [0.3, 0.4) is 0 Å². The highest BCUT2D eigenvalue weighted by atomic mass is 35.5. The normalized spacial score (nSPS) is 15.0. The van der Waals surface area contributed by atoms with Crippen LogP contribution in [0.2, 0.25) is 5.02 Å². The summed E-state index contributed by atoms with van der Waals surface area (Å²) in [6, 6.07) is 9.85. The molecule has 2 aromatic carbocycles. The predicted molar refractivity (Wildman–Crippen MR) is 121 cm³/mol. The molecule has 1 atom stereocenters. The third-order valence-electron chi connectivity index (χ3n) is 5.17. The van der Waals surface area contributed by atoms with Crippen molar-refractivity contribution in [3.05, 3.63) is 64.6 Å².